The molecule has 11 heteroatoms. The van der Waals surface area contributed by atoms with Crippen molar-refractivity contribution in [1.29, 1.82) is 0 Å². The van der Waals surface area contributed by atoms with E-state index in [9.17, 15) is 20.4 Å². The number of hydrogen-bond donors (Lipinski definition) is 4. The van der Waals surface area contributed by atoms with Crippen LogP contribution >= 0.6 is 11.3 Å². The van der Waals surface area contributed by atoms with Crippen molar-refractivity contribution in [3.05, 3.63) is 83.1 Å². The normalized spacial score (nSPS) is 16.8. The lowest BCUT2D eigenvalue weighted by molar-refractivity contribution is -0.372. The molecule has 38 heavy (non-hydrogen) atoms. The molecule has 4 N–H and O–H groups in total. The summed E-state index contributed by atoms with van der Waals surface area (Å²) in [5, 5.41) is 47.7. The maximum absolute atomic E-state index is 10.8. The highest BCUT2D eigenvalue weighted by molar-refractivity contribution is 7.19. The molecule has 0 bridgehead atoms. The number of aromatic nitrogens is 5. The van der Waals surface area contributed by atoms with Crippen molar-refractivity contribution in [2.75, 3.05) is 0 Å². The third-order valence-corrected chi connectivity index (χ3v) is 7.16. The van der Waals surface area contributed by atoms with Crippen LogP contribution in [-0.2, 0) is 6.54 Å². The molecule has 0 atom stereocenters. The van der Waals surface area contributed by atoms with Gasteiger partial charge in [0.25, 0.3) is 5.91 Å². The van der Waals surface area contributed by atoms with Crippen LogP contribution in [0.25, 0.3) is 33.0 Å². The number of imidazole rings is 1. The molecule has 0 aliphatic carbocycles. The van der Waals surface area contributed by atoms with Crippen molar-refractivity contribution in [1.82, 2.24) is 29.5 Å². The van der Waals surface area contributed by atoms with E-state index in [-0.39, 0.29) is 13.0 Å². The molecule has 0 spiro atoms. The van der Waals surface area contributed by atoms with E-state index < -0.39 is 11.8 Å². The summed E-state index contributed by atoms with van der Waals surface area (Å²) in [5.74, 6) is -5.08. The van der Waals surface area contributed by atoms with E-state index in [2.05, 4.69) is 15.1 Å². The monoisotopic (exact) mass is 532 g/mol. The van der Waals surface area contributed by atoms with Crippen LogP contribution in [0.2, 0.25) is 0 Å². The molecule has 5 aromatic rings. The second-order valence-corrected chi connectivity index (χ2v) is 9.87. The molecular formula is C27H28N6O4S. The molecule has 0 unspecified atom stereocenters. The van der Waals surface area contributed by atoms with Crippen LogP contribution in [0.3, 0.4) is 0 Å². The molecule has 0 amide bonds. The number of aliphatic hydroxyl groups is 4. The predicted octanol–water partition coefficient (Wildman–Crippen LogP) is 3.30. The molecule has 196 valence electrons. The number of hydrogen-bond acceptors (Lipinski definition) is 10. The van der Waals surface area contributed by atoms with E-state index >= 15 is 0 Å². The maximum atomic E-state index is 10.8. The number of nitrogens with zero attached hydrogens (tertiary/aromatic N) is 6. The Hall–Kier alpha value is -3.58. The summed E-state index contributed by atoms with van der Waals surface area (Å²) in [7, 11) is 0. The molecule has 0 radical (unpaired) electrons. The Morgan fingerprint density at radius 3 is 2.47 bits per heavy atom. The topological polar surface area (TPSA) is 140 Å². The van der Waals surface area contributed by atoms with Crippen LogP contribution in [0, 0.1) is 6.92 Å². The Balaban J connectivity index is 0.00000144. The van der Waals surface area contributed by atoms with E-state index in [1.807, 2.05) is 45.2 Å². The zero-order chi connectivity index (χ0) is 27.1. The summed E-state index contributed by atoms with van der Waals surface area (Å²) >= 11 is 1.28. The van der Waals surface area contributed by atoms with Gasteiger partial charge < -0.3 is 20.4 Å². The molecule has 5 heterocycles. The summed E-state index contributed by atoms with van der Waals surface area (Å²) in [6.45, 7) is 5.83. The fourth-order valence-electron chi connectivity index (χ4n) is 4.38. The van der Waals surface area contributed by atoms with Crippen molar-refractivity contribution in [3.8, 4) is 11.4 Å². The Kier molecular flexibility index (Phi) is 6.82. The average Bonchev–Trinajstić information content (AvgIpc) is 3.49. The van der Waals surface area contributed by atoms with Gasteiger partial charge in [-0.1, -0.05) is 44.2 Å². The molecule has 6 rings (SSSR count). The summed E-state index contributed by atoms with van der Waals surface area (Å²) < 4.78 is 1.69. The van der Waals surface area contributed by atoms with Gasteiger partial charge in [0.15, 0.2) is 5.65 Å². The lowest BCUT2D eigenvalue weighted by Crippen LogP contribution is -2.62. The Bertz CT molecular complexity index is 1630. The average molecular weight is 533 g/mol. The van der Waals surface area contributed by atoms with Crippen LogP contribution in [0.5, 0.6) is 0 Å². The Morgan fingerprint density at radius 1 is 0.974 bits per heavy atom. The van der Waals surface area contributed by atoms with Gasteiger partial charge in [0.1, 0.15) is 21.7 Å². The lowest BCUT2D eigenvalue weighted by Gasteiger charge is -2.45. The minimum Gasteiger partial charge on any atom is -0.353 e. The predicted molar refractivity (Wildman–Crippen MR) is 144 cm³/mol. The minimum atomic E-state index is -2.59. The highest BCUT2D eigenvalue weighted by Crippen LogP contribution is 2.41. The summed E-state index contributed by atoms with van der Waals surface area (Å²) in [6, 6.07) is 14.4. The minimum absolute atomic E-state index is 0.0721. The summed E-state index contributed by atoms with van der Waals surface area (Å²) in [5.41, 5.74) is 4.49. The Labute approximate surface area is 222 Å². The van der Waals surface area contributed by atoms with Crippen LogP contribution in [-0.4, -0.2) is 61.7 Å². The molecule has 1 aliphatic heterocycles. The zero-order valence-corrected chi connectivity index (χ0v) is 22.0. The van der Waals surface area contributed by atoms with Crippen LogP contribution < -0.4 is 0 Å². The van der Waals surface area contributed by atoms with Gasteiger partial charge in [-0.15, -0.1) is 11.3 Å². The highest BCUT2D eigenvalue weighted by Gasteiger charge is 2.48. The third-order valence-electron chi connectivity index (χ3n) is 6.07. The van der Waals surface area contributed by atoms with Crippen molar-refractivity contribution in [2.45, 2.75) is 45.6 Å². The van der Waals surface area contributed by atoms with Crippen molar-refractivity contribution >= 4 is 32.9 Å². The van der Waals surface area contributed by atoms with E-state index in [0.717, 1.165) is 16.2 Å². The Morgan fingerprint density at radius 2 is 1.74 bits per heavy atom. The first-order valence-electron chi connectivity index (χ1n) is 12.2. The quantitative estimate of drug-likeness (QED) is 0.257. The smallest absolute Gasteiger partial charge is 0.251 e. The molecule has 0 fully saturated rings. The molecule has 0 saturated heterocycles. The van der Waals surface area contributed by atoms with Gasteiger partial charge in [-0.05, 0) is 42.3 Å². The fraction of sp³-hybridized carbons (Fsp3) is 0.259. The van der Waals surface area contributed by atoms with E-state index in [1.54, 1.807) is 41.0 Å². The summed E-state index contributed by atoms with van der Waals surface area (Å²) in [6.07, 6.45) is 4.44. The second kappa shape index (κ2) is 9.95. The second-order valence-electron chi connectivity index (χ2n) is 8.84. The first-order valence-corrected chi connectivity index (χ1v) is 13.0. The SMILES string of the molecule is CC.Cc1cn2nc(-c3cnc4cc(C5=CC(O)(O)N(Cc6ccccc6)C(O)(O)C5)sc4n3)ccc2n1. The van der Waals surface area contributed by atoms with Gasteiger partial charge in [-0.25, -0.2) is 14.5 Å². The number of thiophene rings is 1. The van der Waals surface area contributed by atoms with Gasteiger partial charge in [-0.3, -0.25) is 4.98 Å². The van der Waals surface area contributed by atoms with E-state index in [4.69, 9.17) is 4.98 Å². The van der Waals surface area contributed by atoms with Gasteiger partial charge >= 0.3 is 0 Å². The standard InChI is InChI=1S/C25H22N6O4S.C2H6/c1-15-13-30-22(27-15)8-7-18(29-30)20-12-26-19-9-21(36-23(19)28-20)17-10-24(32,33)31(25(34,35)11-17)14-16-5-3-2-4-6-16;1-2/h2-10,12-13,32-35H,11,14H2,1H3;1-2H3. The first-order chi connectivity index (χ1) is 18.2. The highest BCUT2D eigenvalue weighted by atomic mass is 32.1. The van der Waals surface area contributed by atoms with Crippen molar-refractivity contribution in [3.63, 3.8) is 0 Å². The zero-order valence-electron chi connectivity index (χ0n) is 21.1. The fourth-order valence-corrected chi connectivity index (χ4v) is 5.38. The molecule has 0 saturated carbocycles. The van der Waals surface area contributed by atoms with Crippen molar-refractivity contribution < 1.29 is 20.4 Å². The van der Waals surface area contributed by atoms with Crippen LogP contribution in [0.4, 0.5) is 0 Å². The lowest BCUT2D eigenvalue weighted by atomic mass is 9.99. The molecule has 10 nitrogen and oxygen atoms in total. The van der Waals surface area contributed by atoms with E-state index in [0.29, 0.717) is 37.7 Å². The third kappa shape index (κ3) is 4.95. The van der Waals surface area contributed by atoms with Crippen molar-refractivity contribution in [2.24, 2.45) is 0 Å². The van der Waals surface area contributed by atoms with Gasteiger partial charge in [0, 0.05) is 17.8 Å². The molecule has 1 aromatic carbocycles. The first kappa shape index (κ1) is 26.0. The van der Waals surface area contributed by atoms with Gasteiger partial charge in [0.05, 0.1) is 18.1 Å². The largest absolute Gasteiger partial charge is 0.353 e. The van der Waals surface area contributed by atoms with Crippen LogP contribution in [0.15, 0.2) is 67.0 Å². The number of rotatable bonds is 4. The molecule has 4 aromatic heterocycles. The van der Waals surface area contributed by atoms with Crippen LogP contribution in [0.1, 0.15) is 36.4 Å². The number of fused-ring (bicyclic) bond motifs is 2. The molecule has 1 aliphatic rings. The number of benzene rings is 1. The number of aryl methyl sites for hydroxylation is 1. The van der Waals surface area contributed by atoms with E-state index in [1.165, 1.54) is 17.4 Å². The summed E-state index contributed by atoms with van der Waals surface area (Å²) in [4.78, 5) is 15.6. The van der Waals surface area contributed by atoms with Gasteiger partial charge in [0.2, 0.25) is 5.91 Å². The maximum Gasteiger partial charge on any atom is 0.251 e. The van der Waals surface area contributed by atoms with Gasteiger partial charge in [-0.2, -0.15) is 10.00 Å². The molecular weight excluding hydrogens is 504 g/mol.